The Balaban J connectivity index is 1.62. The van der Waals surface area contributed by atoms with Crippen molar-refractivity contribution in [3.05, 3.63) is 81.5 Å². The number of aromatic nitrogens is 3. The lowest BCUT2D eigenvalue weighted by atomic mass is 9.95. The zero-order valence-corrected chi connectivity index (χ0v) is 17.5. The molecule has 0 saturated heterocycles. The van der Waals surface area contributed by atoms with Crippen molar-refractivity contribution in [2.45, 2.75) is 39.3 Å². The first-order chi connectivity index (χ1) is 14.1. The number of fused-ring (bicyclic) bond motifs is 2. The number of benzene rings is 2. The van der Waals surface area contributed by atoms with E-state index in [4.69, 9.17) is 0 Å². The molecule has 2 aromatic heterocycles. The minimum absolute atomic E-state index is 0.0261. The summed E-state index contributed by atoms with van der Waals surface area (Å²) < 4.78 is 1.60. The molecule has 1 atom stereocenters. The molecule has 29 heavy (non-hydrogen) atoms. The maximum absolute atomic E-state index is 11.1. The van der Waals surface area contributed by atoms with Gasteiger partial charge in [-0.3, -0.25) is 4.90 Å². The Kier molecular flexibility index (Phi) is 4.60. The van der Waals surface area contributed by atoms with Crippen molar-refractivity contribution in [1.29, 1.82) is 0 Å². The van der Waals surface area contributed by atoms with E-state index in [1.807, 2.05) is 6.92 Å². The number of hydrogen-bond donors (Lipinski definition) is 1. The lowest BCUT2D eigenvalue weighted by Crippen LogP contribution is -2.34. The van der Waals surface area contributed by atoms with E-state index in [2.05, 4.69) is 70.4 Å². The Morgan fingerprint density at radius 3 is 2.72 bits per heavy atom. The van der Waals surface area contributed by atoms with Gasteiger partial charge < -0.3 is 5.11 Å². The summed E-state index contributed by atoms with van der Waals surface area (Å²) in [6.07, 6.45) is 1.77. The average molecular weight is 405 g/mol. The molecular weight excluding hydrogens is 380 g/mol. The highest BCUT2D eigenvalue weighted by Crippen LogP contribution is 2.41. The third-order valence-electron chi connectivity index (χ3n) is 5.69. The van der Waals surface area contributed by atoms with Crippen LogP contribution in [0, 0.1) is 6.92 Å². The van der Waals surface area contributed by atoms with E-state index in [1.165, 1.54) is 22.3 Å². The number of rotatable bonds is 4. The molecule has 5 nitrogen and oxygen atoms in total. The number of aryl methyl sites for hydroxylation is 2. The van der Waals surface area contributed by atoms with Crippen LogP contribution in [-0.2, 0) is 19.4 Å². The molecule has 0 amide bonds. The van der Waals surface area contributed by atoms with Gasteiger partial charge in [0, 0.05) is 19.5 Å². The van der Waals surface area contributed by atoms with Gasteiger partial charge in [-0.1, -0.05) is 72.4 Å². The molecule has 4 aromatic rings. The lowest BCUT2D eigenvalue weighted by molar-refractivity contribution is 0.205. The van der Waals surface area contributed by atoms with E-state index in [-0.39, 0.29) is 11.9 Å². The second-order valence-electron chi connectivity index (χ2n) is 7.67. The highest BCUT2D eigenvalue weighted by atomic mass is 32.1. The molecule has 0 spiro atoms. The summed E-state index contributed by atoms with van der Waals surface area (Å²) in [5, 5.41) is 15.5. The fraction of sp³-hybridized carbons (Fsp3) is 0.304. The van der Waals surface area contributed by atoms with Crippen LogP contribution >= 0.6 is 11.3 Å². The summed E-state index contributed by atoms with van der Waals surface area (Å²) in [7, 11) is 0. The van der Waals surface area contributed by atoms with Gasteiger partial charge in [-0.2, -0.15) is 4.52 Å². The van der Waals surface area contributed by atoms with Crippen molar-refractivity contribution < 1.29 is 5.11 Å². The Hall–Kier alpha value is -2.70. The second kappa shape index (κ2) is 7.28. The van der Waals surface area contributed by atoms with E-state index >= 15 is 0 Å². The quantitative estimate of drug-likeness (QED) is 0.544. The van der Waals surface area contributed by atoms with Gasteiger partial charge in [0.2, 0.25) is 10.8 Å². The van der Waals surface area contributed by atoms with Crippen molar-refractivity contribution in [1.82, 2.24) is 19.5 Å². The van der Waals surface area contributed by atoms with Crippen LogP contribution in [0.5, 0.6) is 5.88 Å². The van der Waals surface area contributed by atoms with Gasteiger partial charge in [0.05, 0.1) is 10.9 Å². The number of thiazole rings is 1. The Morgan fingerprint density at radius 2 is 1.97 bits per heavy atom. The van der Waals surface area contributed by atoms with Gasteiger partial charge in [0.25, 0.3) is 0 Å². The van der Waals surface area contributed by atoms with Gasteiger partial charge >= 0.3 is 0 Å². The minimum atomic E-state index is -0.0261. The normalized spacial score (nSPS) is 15.5. The Bertz CT molecular complexity index is 1180. The third-order valence-corrected chi connectivity index (χ3v) is 6.76. The zero-order chi connectivity index (χ0) is 20.0. The minimum Gasteiger partial charge on any atom is -0.492 e. The Labute approximate surface area is 174 Å². The predicted molar refractivity (Wildman–Crippen MR) is 115 cm³/mol. The van der Waals surface area contributed by atoms with E-state index in [0.717, 1.165) is 41.6 Å². The molecule has 0 bridgehead atoms. The summed E-state index contributed by atoms with van der Waals surface area (Å²) in [4.78, 5) is 8.70. The van der Waals surface area contributed by atoms with Gasteiger partial charge in [-0.25, -0.2) is 4.98 Å². The summed E-state index contributed by atoms with van der Waals surface area (Å²) in [6, 6.07) is 17.2. The molecule has 1 aliphatic heterocycles. The summed E-state index contributed by atoms with van der Waals surface area (Å²) in [6.45, 7) is 5.95. The summed E-state index contributed by atoms with van der Waals surface area (Å²) in [5.74, 6) is 0.972. The number of hydrogen-bond acceptors (Lipinski definition) is 5. The van der Waals surface area contributed by atoms with E-state index in [9.17, 15) is 5.11 Å². The lowest BCUT2D eigenvalue weighted by Gasteiger charge is -2.35. The van der Waals surface area contributed by atoms with Crippen LogP contribution in [0.1, 0.15) is 45.9 Å². The molecule has 1 aliphatic rings. The fourth-order valence-corrected chi connectivity index (χ4v) is 5.36. The summed E-state index contributed by atoms with van der Waals surface area (Å²) in [5.41, 5.74) is 5.20. The van der Waals surface area contributed by atoms with Crippen molar-refractivity contribution in [3.63, 3.8) is 0 Å². The van der Waals surface area contributed by atoms with Crippen LogP contribution in [0.4, 0.5) is 0 Å². The predicted octanol–water partition coefficient (Wildman–Crippen LogP) is 4.51. The molecule has 148 valence electrons. The SMILES string of the molecule is CCc1nc2sc([C@H](c3cccc(C)c3)N3CCc4ccccc4C3)c(O)n2n1. The monoisotopic (exact) mass is 404 g/mol. The maximum atomic E-state index is 11.1. The number of aromatic hydroxyl groups is 1. The van der Waals surface area contributed by atoms with Gasteiger partial charge in [0.15, 0.2) is 5.82 Å². The molecule has 3 heterocycles. The first-order valence-corrected chi connectivity index (χ1v) is 10.9. The molecular formula is C23H24N4OS. The van der Waals surface area contributed by atoms with Gasteiger partial charge in [0.1, 0.15) is 0 Å². The second-order valence-corrected chi connectivity index (χ2v) is 8.68. The standard InChI is InChI=1S/C23H24N4OS/c1-3-19-24-23-27(25-19)22(28)21(29-23)20(17-10-6-7-15(2)13-17)26-12-11-16-8-4-5-9-18(16)14-26/h4-10,13,20,28H,3,11-12,14H2,1-2H3/t20-/m0/s1. The van der Waals surface area contributed by atoms with E-state index in [1.54, 1.807) is 15.9 Å². The maximum Gasteiger partial charge on any atom is 0.230 e. The van der Waals surface area contributed by atoms with Gasteiger partial charge in [-0.05, 0) is 30.0 Å². The van der Waals surface area contributed by atoms with E-state index < -0.39 is 0 Å². The van der Waals surface area contributed by atoms with Gasteiger partial charge in [-0.15, -0.1) is 5.10 Å². The fourth-order valence-electron chi connectivity index (χ4n) is 4.22. The average Bonchev–Trinajstić information content (AvgIpc) is 3.27. The van der Waals surface area contributed by atoms with Crippen LogP contribution in [0.15, 0.2) is 48.5 Å². The van der Waals surface area contributed by atoms with Crippen molar-refractivity contribution >= 4 is 16.3 Å². The van der Waals surface area contributed by atoms with Crippen molar-refractivity contribution in [2.24, 2.45) is 0 Å². The molecule has 1 N–H and O–H groups in total. The largest absolute Gasteiger partial charge is 0.492 e. The van der Waals surface area contributed by atoms with Crippen LogP contribution in [0.3, 0.4) is 0 Å². The van der Waals surface area contributed by atoms with Crippen LogP contribution in [-0.4, -0.2) is 31.1 Å². The molecule has 0 unspecified atom stereocenters. The molecule has 6 heteroatoms. The molecule has 0 aliphatic carbocycles. The van der Waals surface area contributed by atoms with Crippen molar-refractivity contribution in [3.8, 4) is 5.88 Å². The van der Waals surface area contributed by atoms with Crippen LogP contribution in [0.2, 0.25) is 0 Å². The third kappa shape index (κ3) is 3.22. The van der Waals surface area contributed by atoms with Crippen molar-refractivity contribution in [2.75, 3.05) is 6.54 Å². The smallest absolute Gasteiger partial charge is 0.230 e. The molecule has 0 radical (unpaired) electrons. The molecule has 5 rings (SSSR count). The van der Waals surface area contributed by atoms with Crippen LogP contribution < -0.4 is 0 Å². The molecule has 0 saturated carbocycles. The highest BCUT2D eigenvalue weighted by molar-refractivity contribution is 7.17. The van der Waals surface area contributed by atoms with Crippen LogP contribution in [0.25, 0.3) is 4.96 Å². The Morgan fingerprint density at radius 1 is 1.14 bits per heavy atom. The zero-order valence-electron chi connectivity index (χ0n) is 16.7. The molecule has 2 aromatic carbocycles. The first-order valence-electron chi connectivity index (χ1n) is 10.1. The number of nitrogens with zero attached hydrogens (tertiary/aromatic N) is 4. The molecule has 0 fully saturated rings. The first kappa shape index (κ1) is 18.3. The topological polar surface area (TPSA) is 53.7 Å². The van der Waals surface area contributed by atoms with E-state index in [0.29, 0.717) is 0 Å². The highest BCUT2D eigenvalue weighted by Gasteiger charge is 2.31. The summed E-state index contributed by atoms with van der Waals surface area (Å²) >= 11 is 1.54.